The molecule has 21 heavy (non-hydrogen) atoms. The minimum atomic E-state index is -0.688. The predicted octanol–water partition coefficient (Wildman–Crippen LogP) is 2.58. The summed E-state index contributed by atoms with van der Waals surface area (Å²) in [5, 5.41) is 5.15. The molecule has 6 heteroatoms. The van der Waals surface area contributed by atoms with Crippen LogP contribution >= 0.6 is 0 Å². The molecule has 3 rings (SSSR count). The van der Waals surface area contributed by atoms with E-state index in [1.165, 1.54) is 13.2 Å². The lowest BCUT2D eigenvalue weighted by atomic mass is 10.1. The third-order valence-corrected chi connectivity index (χ3v) is 3.94. The molecule has 0 N–H and O–H groups in total. The number of hydrogen-bond acceptors (Lipinski definition) is 4. The zero-order chi connectivity index (χ0) is 15.0. The molecule has 5 nitrogen and oxygen atoms in total. The summed E-state index contributed by atoms with van der Waals surface area (Å²) < 4.78 is 20.8. The van der Waals surface area contributed by atoms with Crippen LogP contribution in [0.5, 0.6) is 0 Å². The molecule has 1 aromatic carbocycles. The number of anilines is 1. The van der Waals surface area contributed by atoms with Crippen molar-refractivity contribution in [2.75, 3.05) is 25.1 Å². The zero-order valence-electron chi connectivity index (χ0n) is 12.2. The molecule has 1 saturated heterocycles. The molecule has 2 heterocycles. The van der Waals surface area contributed by atoms with Crippen LogP contribution in [0.15, 0.2) is 12.3 Å². The Bertz CT molecular complexity index is 690. The Kier molecular flexibility index (Phi) is 3.53. The van der Waals surface area contributed by atoms with Crippen LogP contribution in [0, 0.1) is 5.82 Å². The number of carbonyl (C=O) groups excluding carboxylic acids is 1. The standard InChI is InChI=1S/C15H18FN3O2/c1-3-19-9-10-12(18-6-4-5-7-18)8-11(16)13(14(10)17-19)15(20)21-2/h8-9H,3-7H2,1-2H3. The minimum absolute atomic E-state index is 0.0809. The maximum atomic E-state index is 14.4. The Morgan fingerprint density at radius 1 is 1.43 bits per heavy atom. The van der Waals surface area contributed by atoms with Crippen molar-refractivity contribution in [2.24, 2.45) is 0 Å². The molecule has 1 aliphatic heterocycles. The summed E-state index contributed by atoms with van der Waals surface area (Å²) in [4.78, 5) is 14.0. The second kappa shape index (κ2) is 5.35. The number of rotatable bonds is 3. The zero-order valence-corrected chi connectivity index (χ0v) is 12.2. The highest BCUT2D eigenvalue weighted by molar-refractivity contribution is 6.07. The number of aryl methyl sites for hydroxylation is 1. The molecule has 0 spiro atoms. The number of halogens is 1. The van der Waals surface area contributed by atoms with Crippen LogP contribution in [0.3, 0.4) is 0 Å². The van der Waals surface area contributed by atoms with Crippen molar-refractivity contribution in [3.05, 3.63) is 23.6 Å². The number of hydrogen-bond donors (Lipinski definition) is 0. The minimum Gasteiger partial charge on any atom is -0.465 e. The molecule has 1 aromatic heterocycles. The van der Waals surface area contributed by atoms with E-state index in [0.717, 1.165) is 37.0 Å². The van der Waals surface area contributed by atoms with E-state index in [2.05, 4.69) is 10.00 Å². The second-order valence-corrected chi connectivity index (χ2v) is 5.19. The highest BCUT2D eigenvalue weighted by atomic mass is 19.1. The first kappa shape index (κ1) is 13.9. The summed E-state index contributed by atoms with van der Waals surface area (Å²) in [7, 11) is 1.25. The van der Waals surface area contributed by atoms with Crippen LogP contribution in [-0.4, -0.2) is 35.9 Å². The van der Waals surface area contributed by atoms with E-state index in [0.29, 0.717) is 12.1 Å². The van der Waals surface area contributed by atoms with Gasteiger partial charge in [-0.15, -0.1) is 0 Å². The van der Waals surface area contributed by atoms with Crippen molar-refractivity contribution < 1.29 is 13.9 Å². The Morgan fingerprint density at radius 3 is 2.76 bits per heavy atom. The molecule has 2 aromatic rings. The first-order valence-electron chi connectivity index (χ1n) is 7.18. The van der Waals surface area contributed by atoms with E-state index in [1.54, 1.807) is 4.68 Å². The molecule has 1 fully saturated rings. The molecular weight excluding hydrogens is 273 g/mol. The Balaban J connectivity index is 2.25. The van der Waals surface area contributed by atoms with Crippen molar-refractivity contribution in [1.29, 1.82) is 0 Å². The smallest absolute Gasteiger partial charge is 0.343 e. The SMILES string of the molecule is CCn1cc2c(N3CCCC3)cc(F)c(C(=O)OC)c2n1. The molecule has 0 unspecified atom stereocenters. The molecule has 0 aliphatic carbocycles. The first-order chi connectivity index (χ1) is 10.2. The molecule has 0 saturated carbocycles. The van der Waals surface area contributed by atoms with Gasteiger partial charge >= 0.3 is 5.97 Å². The summed E-state index contributed by atoms with van der Waals surface area (Å²) in [5.41, 5.74) is 1.11. The molecule has 0 bridgehead atoms. The largest absolute Gasteiger partial charge is 0.465 e. The number of methoxy groups -OCH3 is 1. The lowest BCUT2D eigenvalue weighted by Gasteiger charge is -2.19. The molecular formula is C15H18FN3O2. The van der Waals surface area contributed by atoms with Gasteiger partial charge in [-0.2, -0.15) is 5.10 Å². The van der Waals surface area contributed by atoms with Crippen molar-refractivity contribution in [3.8, 4) is 0 Å². The van der Waals surface area contributed by atoms with E-state index < -0.39 is 11.8 Å². The Morgan fingerprint density at radius 2 is 2.14 bits per heavy atom. The molecule has 112 valence electrons. The first-order valence-corrected chi connectivity index (χ1v) is 7.18. The predicted molar refractivity (Wildman–Crippen MR) is 78.2 cm³/mol. The highest BCUT2D eigenvalue weighted by Gasteiger charge is 2.25. The third-order valence-electron chi connectivity index (χ3n) is 3.94. The second-order valence-electron chi connectivity index (χ2n) is 5.19. The number of aromatic nitrogens is 2. The topological polar surface area (TPSA) is 47.4 Å². The van der Waals surface area contributed by atoms with Gasteiger partial charge in [0.2, 0.25) is 0 Å². The van der Waals surface area contributed by atoms with Gasteiger partial charge in [-0.3, -0.25) is 4.68 Å². The lowest BCUT2D eigenvalue weighted by molar-refractivity contribution is 0.0597. The molecule has 1 aliphatic rings. The van der Waals surface area contributed by atoms with Gasteiger partial charge in [0.25, 0.3) is 0 Å². The summed E-state index contributed by atoms with van der Waals surface area (Å²) >= 11 is 0. The number of ether oxygens (including phenoxy) is 1. The van der Waals surface area contributed by atoms with Crippen LogP contribution in [0.25, 0.3) is 10.9 Å². The summed E-state index contributed by atoms with van der Waals surface area (Å²) in [6.07, 6.45) is 4.07. The maximum absolute atomic E-state index is 14.4. The van der Waals surface area contributed by atoms with Gasteiger partial charge in [-0.25, -0.2) is 9.18 Å². The summed E-state index contributed by atoms with van der Waals surface area (Å²) in [6, 6.07) is 1.43. The fourth-order valence-electron chi connectivity index (χ4n) is 2.85. The van der Waals surface area contributed by atoms with E-state index in [9.17, 15) is 9.18 Å². The van der Waals surface area contributed by atoms with Crippen LogP contribution in [-0.2, 0) is 11.3 Å². The van der Waals surface area contributed by atoms with Crippen molar-refractivity contribution in [2.45, 2.75) is 26.3 Å². The number of carbonyl (C=O) groups is 1. The number of esters is 1. The van der Waals surface area contributed by atoms with Gasteiger partial charge in [0.15, 0.2) is 0 Å². The number of nitrogens with zero attached hydrogens (tertiary/aromatic N) is 3. The van der Waals surface area contributed by atoms with Gasteiger partial charge in [0.1, 0.15) is 16.9 Å². The summed E-state index contributed by atoms with van der Waals surface area (Å²) in [6.45, 7) is 4.43. The van der Waals surface area contributed by atoms with Crippen LogP contribution in [0.4, 0.5) is 10.1 Å². The highest BCUT2D eigenvalue weighted by Crippen LogP contribution is 2.33. The van der Waals surface area contributed by atoms with Crippen molar-refractivity contribution in [3.63, 3.8) is 0 Å². The molecule has 0 radical (unpaired) electrons. The van der Waals surface area contributed by atoms with Crippen molar-refractivity contribution in [1.82, 2.24) is 9.78 Å². The molecule has 0 amide bonds. The summed E-state index contributed by atoms with van der Waals surface area (Å²) in [5.74, 6) is -1.26. The van der Waals surface area contributed by atoms with Crippen LogP contribution < -0.4 is 4.90 Å². The molecule has 0 atom stereocenters. The van der Waals surface area contributed by atoms with Gasteiger partial charge in [0.05, 0.1) is 12.8 Å². The van der Waals surface area contributed by atoms with E-state index in [4.69, 9.17) is 4.74 Å². The Hall–Kier alpha value is -2.11. The van der Waals surface area contributed by atoms with Crippen LogP contribution in [0.2, 0.25) is 0 Å². The normalized spacial score (nSPS) is 14.9. The fourth-order valence-corrected chi connectivity index (χ4v) is 2.85. The van der Waals surface area contributed by atoms with E-state index in [1.807, 2.05) is 13.1 Å². The van der Waals surface area contributed by atoms with Gasteiger partial charge in [0, 0.05) is 31.2 Å². The van der Waals surface area contributed by atoms with E-state index in [-0.39, 0.29) is 5.56 Å². The van der Waals surface area contributed by atoms with Gasteiger partial charge in [-0.05, 0) is 25.8 Å². The van der Waals surface area contributed by atoms with E-state index >= 15 is 0 Å². The maximum Gasteiger partial charge on any atom is 0.343 e. The average molecular weight is 291 g/mol. The monoisotopic (exact) mass is 291 g/mol. The van der Waals surface area contributed by atoms with Crippen molar-refractivity contribution >= 4 is 22.6 Å². The number of benzene rings is 1. The third kappa shape index (κ3) is 2.24. The average Bonchev–Trinajstić information content (AvgIpc) is 3.14. The van der Waals surface area contributed by atoms with Crippen LogP contribution in [0.1, 0.15) is 30.1 Å². The fraction of sp³-hybridized carbons (Fsp3) is 0.467. The Labute approximate surface area is 122 Å². The van der Waals surface area contributed by atoms with Gasteiger partial charge in [-0.1, -0.05) is 0 Å². The lowest BCUT2D eigenvalue weighted by Crippen LogP contribution is -2.19. The quantitative estimate of drug-likeness (QED) is 0.816. The number of fused-ring (bicyclic) bond motifs is 1. The van der Waals surface area contributed by atoms with Gasteiger partial charge < -0.3 is 9.64 Å².